The van der Waals surface area contributed by atoms with E-state index in [-0.39, 0.29) is 12.5 Å². The van der Waals surface area contributed by atoms with Gasteiger partial charge in [-0.3, -0.25) is 4.79 Å². The van der Waals surface area contributed by atoms with Gasteiger partial charge in [-0.05, 0) is 36.6 Å². The Bertz CT molecular complexity index is 459. The van der Waals surface area contributed by atoms with Crippen molar-refractivity contribution in [2.24, 2.45) is 5.92 Å². The third kappa shape index (κ3) is 5.69. The molecule has 5 nitrogen and oxygen atoms in total. The first-order valence-corrected chi connectivity index (χ1v) is 6.29. The average Bonchev–Trinajstić information content (AvgIpc) is 2.36. The smallest absolute Gasteiger partial charge is 0.326 e. The van der Waals surface area contributed by atoms with Gasteiger partial charge in [-0.25, -0.2) is 9.18 Å². The topological polar surface area (TPSA) is 75.6 Å². The van der Waals surface area contributed by atoms with Gasteiger partial charge < -0.3 is 15.2 Å². The molecule has 20 heavy (non-hydrogen) atoms. The lowest BCUT2D eigenvalue weighted by Crippen LogP contribution is -2.43. The van der Waals surface area contributed by atoms with Gasteiger partial charge >= 0.3 is 5.97 Å². The molecular formula is C14H18FNO4. The molecule has 0 fully saturated rings. The highest BCUT2D eigenvalue weighted by atomic mass is 19.1. The first-order chi connectivity index (χ1) is 9.38. The molecule has 0 bridgehead atoms. The van der Waals surface area contributed by atoms with Crippen molar-refractivity contribution in [2.75, 3.05) is 6.61 Å². The van der Waals surface area contributed by atoms with Crippen LogP contribution in [0.25, 0.3) is 0 Å². The zero-order valence-electron chi connectivity index (χ0n) is 11.4. The summed E-state index contributed by atoms with van der Waals surface area (Å²) in [6.45, 7) is 3.43. The fourth-order valence-corrected chi connectivity index (χ4v) is 1.61. The number of carboxylic acids is 1. The normalized spacial score (nSPS) is 12.0. The summed E-state index contributed by atoms with van der Waals surface area (Å²) < 4.78 is 17.8. The number of ether oxygens (including phenoxy) is 1. The van der Waals surface area contributed by atoms with Crippen LogP contribution in [-0.2, 0) is 9.59 Å². The Hall–Kier alpha value is -2.11. The molecule has 0 radical (unpaired) electrons. The van der Waals surface area contributed by atoms with E-state index in [1.54, 1.807) is 0 Å². The van der Waals surface area contributed by atoms with Gasteiger partial charge in [0.2, 0.25) is 0 Å². The molecule has 1 unspecified atom stereocenters. The summed E-state index contributed by atoms with van der Waals surface area (Å²) in [6, 6.07) is 4.29. The summed E-state index contributed by atoms with van der Waals surface area (Å²) >= 11 is 0. The Morgan fingerprint density at radius 1 is 1.30 bits per heavy atom. The number of halogens is 1. The Kier molecular flexibility index (Phi) is 5.96. The molecular weight excluding hydrogens is 265 g/mol. The van der Waals surface area contributed by atoms with E-state index < -0.39 is 23.7 Å². The number of aliphatic carboxylic acids is 1. The molecule has 0 aromatic heterocycles. The molecule has 0 aliphatic rings. The van der Waals surface area contributed by atoms with E-state index in [1.807, 2.05) is 13.8 Å². The van der Waals surface area contributed by atoms with Gasteiger partial charge in [-0.1, -0.05) is 13.8 Å². The first-order valence-electron chi connectivity index (χ1n) is 6.29. The second-order valence-electron chi connectivity index (χ2n) is 4.83. The maximum atomic E-state index is 12.7. The highest BCUT2D eigenvalue weighted by molar-refractivity contribution is 5.84. The van der Waals surface area contributed by atoms with Crippen LogP contribution in [0.4, 0.5) is 4.39 Å². The molecule has 1 aromatic carbocycles. The standard InChI is InChI=1S/C14H18FNO4/c1-9(2)7-12(14(18)19)16-13(17)8-20-11-5-3-10(15)4-6-11/h3-6,9,12H,7-8H2,1-2H3,(H,16,17)(H,18,19). The van der Waals surface area contributed by atoms with Crippen LogP contribution in [0.2, 0.25) is 0 Å². The minimum Gasteiger partial charge on any atom is -0.484 e. The SMILES string of the molecule is CC(C)CC(NC(=O)COc1ccc(F)cc1)C(=O)O. The van der Waals surface area contributed by atoms with E-state index in [2.05, 4.69) is 5.32 Å². The van der Waals surface area contributed by atoms with Gasteiger partial charge in [0.25, 0.3) is 5.91 Å². The maximum absolute atomic E-state index is 12.7. The predicted molar refractivity (Wildman–Crippen MR) is 70.9 cm³/mol. The molecule has 1 amide bonds. The summed E-state index contributed by atoms with van der Waals surface area (Å²) in [4.78, 5) is 22.6. The predicted octanol–water partition coefficient (Wildman–Crippen LogP) is 1.82. The third-order valence-electron chi connectivity index (χ3n) is 2.52. The second kappa shape index (κ2) is 7.47. The van der Waals surface area contributed by atoms with E-state index in [0.29, 0.717) is 12.2 Å². The molecule has 2 N–H and O–H groups in total. The lowest BCUT2D eigenvalue weighted by atomic mass is 10.0. The van der Waals surface area contributed by atoms with Crippen molar-refractivity contribution in [1.29, 1.82) is 0 Å². The van der Waals surface area contributed by atoms with Crippen molar-refractivity contribution in [1.82, 2.24) is 5.32 Å². The molecule has 0 aliphatic carbocycles. The molecule has 6 heteroatoms. The number of amides is 1. The van der Waals surface area contributed by atoms with Crippen LogP contribution in [0.15, 0.2) is 24.3 Å². The fraction of sp³-hybridized carbons (Fsp3) is 0.429. The van der Waals surface area contributed by atoms with Crippen LogP contribution < -0.4 is 10.1 Å². The quantitative estimate of drug-likeness (QED) is 0.800. The Balaban J connectivity index is 2.45. The first kappa shape index (κ1) is 15.9. The molecule has 0 aliphatic heterocycles. The van der Waals surface area contributed by atoms with E-state index in [0.717, 1.165) is 0 Å². The fourth-order valence-electron chi connectivity index (χ4n) is 1.61. The highest BCUT2D eigenvalue weighted by Gasteiger charge is 2.21. The summed E-state index contributed by atoms with van der Waals surface area (Å²) in [5.41, 5.74) is 0. The van der Waals surface area contributed by atoms with Gasteiger partial charge in [-0.15, -0.1) is 0 Å². The van der Waals surface area contributed by atoms with Crippen molar-refractivity contribution in [3.63, 3.8) is 0 Å². The Morgan fingerprint density at radius 3 is 2.40 bits per heavy atom. The van der Waals surface area contributed by atoms with Crippen LogP contribution >= 0.6 is 0 Å². The minimum absolute atomic E-state index is 0.148. The maximum Gasteiger partial charge on any atom is 0.326 e. The summed E-state index contributed by atoms with van der Waals surface area (Å²) in [6.07, 6.45) is 0.345. The molecule has 1 aromatic rings. The summed E-state index contributed by atoms with van der Waals surface area (Å²) in [5.74, 6) is -1.51. The Labute approximate surface area is 116 Å². The van der Waals surface area contributed by atoms with Crippen LogP contribution in [0.3, 0.4) is 0 Å². The zero-order valence-corrected chi connectivity index (χ0v) is 11.4. The number of carbonyl (C=O) groups excluding carboxylic acids is 1. The van der Waals surface area contributed by atoms with E-state index in [9.17, 15) is 14.0 Å². The van der Waals surface area contributed by atoms with Crippen LogP contribution in [0.1, 0.15) is 20.3 Å². The number of rotatable bonds is 7. The second-order valence-corrected chi connectivity index (χ2v) is 4.83. The largest absolute Gasteiger partial charge is 0.484 e. The number of nitrogens with one attached hydrogen (secondary N) is 1. The zero-order chi connectivity index (χ0) is 15.1. The highest BCUT2D eigenvalue weighted by Crippen LogP contribution is 2.11. The van der Waals surface area contributed by atoms with Crippen LogP contribution in [0, 0.1) is 11.7 Å². The van der Waals surface area contributed by atoms with Gasteiger partial charge in [0.05, 0.1) is 0 Å². The van der Waals surface area contributed by atoms with Gasteiger partial charge in [0.15, 0.2) is 6.61 Å². The van der Waals surface area contributed by atoms with E-state index in [1.165, 1.54) is 24.3 Å². The van der Waals surface area contributed by atoms with Gasteiger partial charge in [-0.2, -0.15) is 0 Å². The molecule has 0 heterocycles. The number of hydrogen-bond donors (Lipinski definition) is 2. The van der Waals surface area contributed by atoms with E-state index >= 15 is 0 Å². The summed E-state index contributed by atoms with van der Waals surface area (Å²) in [5, 5.41) is 11.4. The number of benzene rings is 1. The molecule has 1 rings (SSSR count). The molecule has 0 saturated carbocycles. The van der Waals surface area contributed by atoms with E-state index in [4.69, 9.17) is 9.84 Å². The van der Waals surface area contributed by atoms with Crippen LogP contribution in [0.5, 0.6) is 5.75 Å². The van der Waals surface area contributed by atoms with Gasteiger partial charge in [0.1, 0.15) is 17.6 Å². The Morgan fingerprint density at radius 2 is 1.90 bits per heavy atom. The molecule has 110 valence electrons. The third-order valence-corrected chi connectivity index (χ3v) is 2.52. The average molecular weight is 283 g/mol. The summed E-state index contributed by atoms with van der Waals surface area (Å²) in [7, 11) is 0. The lowest BCUT2D eigenvalue weighted by molar-refractivity contribution is -0.142. The van der Waals surface area contributed by atoms with Crippen molar-refractivity contribution >= 4 is 11.9 Å². The molecule has 0 spiro atoms. The minimum atomic E-state index is -1.08. The van der Waals surface area contributed by atoms with Crippen molar-refractivity contribution in [2.45, 2.75) is 26.3 Å². The monoisotopic (exact) mass is 283 g/mol. The van der Waals surface area contributed by atoms with Crippen LogP contribution in [-0.4, -0.2) is 29.6 Å². The van der Waals surface area contributed by atoms with Gasteiger partial charge in [0, 0.05) is 0 Å². The van der Waals surface area contributed by atoms with Crippen molar-refractivity contribution < 1.29 is 23.8 Å². The molecule has 1 atom stereocenters. The van der Waals surface area contributed by atoms with Crippen molar-refractivity contribution in [3.8, 4) is 5.75 Å². The molecule has 0 saturated heterocycles. The van der Waals surface area contributed by atoms with Crippen molar-refractivity contribution in [3.05, 3.63) is 30.1 Å². The lowest BCUT2D eigenvalue weighted by Gasteiger charge is -2.16. The number of carbonyl (C=O) groups is 2. The number of carboxylic acid groups (broad SMARTS) is 1. The number of hydrogen-bond acceptors (Lipinski definition) is 3.